The molecule has 7 heteroatoms. The molecule has 1 aromatic carbocycles. The van der Waals surface area contributed by atoms with E-state index in [0.717, 1.165) is 34.5 Å². The lowest BCUT2D eigenvalue weighted by molar-refractivity contribution is -0.125. The number of aliphatic hydroxyl groups is 1. The van der Waals surface area contributed by atoms with Gasteiger partial charge in [0.1, 0.15) is 6.04 Å². The SMILES string of the molecule is Cc1ncsc1-c1ccc(C2(NC(=O)[C@H]3NC[C@H](O)[C@@H]3F)CC2)cc1. The van der Waals surface area contributed by atoms with Gasteiger partial charge in [0.25, 0.3) is 0 Å². The fourth-order valence-corrected chi connectivity index (χ4v) is 4.19. The Balaban J connectivity index is 1.50. The van der Waals surface area contributed by atoms with E-state index < -0.39 is 23.9 Å². The third-order valence-corrected chi connectivity index (χ3v) is 6.05. The van der Waals surface area contributed by atoms with Crippen LogP contribution in [0.25, 0.3) is 10.4 Å². The maximum atomic E-state index is 13.9. The van der Waals surface area contributed by atoms with Crippen molar-refractivity contribution in [2.24, 2.45) is 0 Å². The van der Waals surface area contributed by atoms with Gasteiger partial charge >= 0.3 is 0 Å². The van der Waals surface area contributed by atoms with Crippen molar-refractivity contribution < 1.29 is 14.3 Å². The van der Waals surface area contributed by atoms with Gasteiger partial charge in [-0.2, -0.15) is 0 Å². The van der Waals surface area contributed by atoms with E-state index in [-0.39, 0.29) is 12.5 Å². The molecule has 0 spiro atoms. The number of carbonyl (C=O) groups is 1. The van der Waals surface area contributed by atoms with Crippen LogP contribution < -0.4 is 10.6 Å². The number of aryl methyl sites for hydroxylation is 1. The zero-order valence-corrected chi connectivity index (χ0v) is 14.6. The highest BCUT2D eigenvalue weighted by molar-refractivity contribution is 7.13. The van der Waals surface area contributed by atoms with Gasteiger partial charge in [-0.3, -0.25) is 4.79 Å². The van der Waals surface area contributed by atoms with Crippen LogP contribution in [0.5, 0.6) is 0 Å². The molecule has 0 unspecified atom stereocenters. The molecule has 2 fully saturated rings. The minimum atomic E-state index is -1.56. The minimum absolute atomic E-state index is 0.106. The lowest BCUT2D eigenvalue weighted by Crippen LogP contribution is -2.49. The third-order valence-electron chi connectivity index (χ3n) is 5.07. The second-order valence-electron chi connectivity index (χ2n) is 6.81. The van der Waals surface area contributed by atoms with Gasteiger partial charge in [0.2, 0.25) is 5.91 Å². The number of carbonyl (C=O) groups excluding carboxylic acids is 1. The largest absolute Gasteiger partial charge is 0.389 e. The zero-order valence-electron chi connectivity index (χ0n) is 13.8. The highest BCUT2D eigenvalue weighted by Crippen LogP contribution is 2.46. The molecule has 1 saturated heterocycles. The summed E-state index contributed by atoms with van der Waals surface area (Å²) in [6.45, 7) is 2.09. The van der Waals surface area contributed by atoms with Crippen LogP contribution in [0.4, 0.5) is 4.39 Å². The van der Waals surface area contributed by atoms with Crippen molar-refractivity contribution in [3.05, 3.63) is 41.0 Å². The van der Waals surface area contributed by atoms with E-state index in [1.165, 1.54) is 0 Å². The number of hydrogen-bond acceptors (Lipinski definition) is 5. The summed E-state index contributed by atoms with van der Waals surface area (Å²) < 4.78 is 13.9. The van der Waals surface area contributed by atoms with E-state index in [9.17, 15) is 14.3 Å². The standard InChI is InChI=1S/C18H20FN3O2S/c1-10-16(25-9-21-10)11-2-4-12(5-3-11)18(6-7-18)22-17(24)15-14(19)13(23)8-20-15/h2-5,9,13-15,20,23H,6-8H2,1H3,(H,22,24)/t13-,14-,15-/m0/s1. The highest BCUT2D eigenvalue weighted by Gasteiger charge is 2.49. The van der Waals surface area contributed by atoms with Crippen molar-refractivity contribution >= 4 is 17.2 Å². The summed E-state index contributed by atoms with van der Waals surface area (Å²) in [4.78, 5) is 17.8. The molecule has 1 aliphatic carbocycles. The van der Waals surface area contributed by atoms with Crippen LogP contribution in [0.3, 0.4) is 0 Å². The Hall–Kier alpha value is -1.83. The number of halogens is 1. The molecule has 25 heavy (non-hydrogen) atoms. The Morgan fingerprint density at radius 1 is 1.40 bits per heavy atom. The number of rotatable bonds is 4. The Morgan fingerprint density at radius 2 is 2.12 bits per heavy atom. The second kappa shape index (κ2) is 6.16. The first kappa shape index (κ1) is 16.6. The van der Waals surface area contributed by atoms with E-state index in [0.29, 0.717) is 0 Å². The predicted molar refractivity (Wildman–Crippen MR) is 94.0 cm³/mol. The van der Waals surface area contributed by atoms with Gasteiger partial charge in [-0.25, -0.2) is 9.37 Å². The molecule has 3 atom stereocenters. The molecular weight excluding hydrogens is 341 g/mol. The Kier molecular flexibility index (Phi) is 4.10. The number of alkyl halides is 1. The average Bonchev–Trinajstić information content (AvgIpc) is 3.13. The molecule has 2 aliphatic rings. The first-order valence-electron chi connectivity index (χ1n) is 8.39. The van der Waals surface area contributed by atoms with Gasteiger partial charge in [-0.15, -0.1) is 11.3 Å². The Morgan fingerprint density at radius 3 is 2.64 bits per heavy atom. The minimum Gasteiger partial charge on any atom is -0.389 e. The molecule has 1 amide bonds. The topological polar surface area (TPSA) is 74.2 Å². The summed E-state index contributed by atoms with van der Waals surface area (Å²) in [5, 5.41) is 15.2. The van der Waals surface area contributed by atoms with Crippen LogP contribution >= 0.6 is 11.3 Å². The summed E-state index contributed by atoms with van der Waals surface area (Å²) in [6, 6.07) is 7.14. The number of nitrogens with one attached hydrogen (secondary N) is 2. The van der Waals surface area contributed by atoms with Gasteiger partial charge < -0.3 is 15.7 Å². The van der Waals surface area contributed by atoms with Crippen LogP contribution in [0.2, 0.25) is 0 Å². The summed E-state index contributed by atoms with van der Waals surface area (Å²) in [5.74, 6) is -0.385. The van der Waals surface area contributed by atoms with Crippen LogP contribution in [-0.2, 0) is 10.3 Å². The first-order valence-corrected chi connectivity index (χ1v) is 9.27. The fourth-order valence-electron chi connectivity index (χ4n) is 3.38. The van der Waals surface area contributed by atoms with Gasteiger partial charge in [0.05, 0.1) is 27.7 Å². The maximum absolute atomic E-state index is 13.9. The van der Waals surface area contributed by atoms with E-state index in [2.05, 4.69) is 15.6 Å². The van der Waals surface area contributed by atoms with Crippen LogP contribution in [0.1, 0.15) is 24.1 Å². The molecule has 3 N–H and O–H groups in total. The molecular formula is C18H20FN3O2S. The van der Waals surface area contributed by atoms with E-state index in [4.69, 9.17) is 0 Å². The normalized spacial score (nSPS) is 27.2. The number of hydrogen-bond donors (Lipinski definition) is 3. The molecule has 4 rings (SSSR count). The maximum Gasteiger partial charge on any atom is 0.240 e. The van der Waals surface area contributed by atoms with Gasteiger partial charge in [-0.05, 0) is 30.9 Å². The average molecular weight is 361 g/mol. The van der Waals surface area contributed by atoms with Gasteiger partial charge in [0, 0.05) is 6.54 Å². The van der Waals surface area contributed by atoms with E-state index in [1.807, 2.05) is 36.7 Å². The van der Waals surface area contributed by atoms with Gasteiger partial charge in [0.15, 0.2) is 6.17 Å². The molecule has 2 heterocycles. The van der Waals surface area contributed by atoms with Crippen molar-refractivity contribution in [2.45, 2.75) is 43.6 Å². The van der Waals surface area contributed by atoms with Crippen LogP contribution in [0.15, 0.2) is 29.8 Å². The smallest absolute Gasteiger partial charge is 0.240 e. The van der Waals surface area contributed by atoms with Crippen molar-refractivity contribution in [3.8, 4) is 10.4 Å². The molecule has 2 aromatic rings. The number of β-amino-alcohol motifs (C(OH)–C–C–N with tert-alkyl or cyclic N) is 1. The molecule has 132 valence electrons. The number of aromatic nitrogens is 1. The predicted octanol–water partition coefficient (Wildman–Crippen LogP) is 1.89. The van der Waals surface area contributed by atoms with Crippen molar-refractivity contribution in [3.63, 3.8) is 0 Å². The number of thiazole rings is 1. The zero-order chi connectivity index (χ0) is 17.6. The number of benzene rings is 1. The molecule has 1 aromatic heterocycles. The van der Waals surface area contributed by atoms with Crippen LogP contribution in [0, 0.1) is 6.92 Å². The summed E-state index contributed by atoms with van der Waals surface area (Å²) >= 11 is 1.61. The lowest BCUT2D eigenvalue weighted by Gasteiger charge is -2.22. The van der Waals surface area contributed by atoms with Crippen molar-refractivity contribution in [2.75, 3.05) is 6.54 Å². The summed E-state index contributed by atoms with van der Waals surface area (Å²) in [7, 11) is 0. The summed E-state index contributed by atoms with van der Waals surface area (Å²) in [5.41, 5.74) is 4.56. The second-order valence-corrected chi connectivity index (χ2v) is 7.67. The van der Waals surface area contributed by atoms with Crippen LogP contribution in [-0.4, -0.2) is 40.9 Å². The van der Waals surface area contributed by atoms with E-state index >= 15 is 0 Å². The Labute approximate surface area is 149 Å². The lowest BCUT2D eigenvalue weighted by atomic mass is 10.0. The monoisotopic (exact) mass is 361 g/mol. The fraction of sp³-hybridized carbons (Fsp3) is 0.444. The first-order chi connectivity index (χ1) is 12.0. The number of aliphatic hydroxyl groups excluding tert-OH is 1. The van der Waals surface area contributed by atoms with Crippen molar-refractivity contribution in [1.29, 1.82) is 0 Å². The summed E-state index contributed by atoms with van der Waals surface area (Å²) in [6.07, 6.45) is -1.01. The molecule has 0 radical (unpaired) electrons. The number of amides is 1. The molecule has 5 nitrogen and oxygen atoms in total. The molecule has 1 aliphatic heterocycles. The molecule has 1 saturated carbocycles. The number of nitrogens with zero attached hydrogens (tertiary/aromatic N) is 1. The molecule has 0 bridgehead atoms. The quantitative estimate of drug-likeness (QED) is 0.778. The highest BCUT2D eigenvalue weighted by atomic mass is 32.1. The Bertz CT molecular complexity index is 788. The third kappa shape index (κ3) is 2.96. The van der Waals surface area contributed by atoms with Gasteiger partial charge in [-0.1, -0.05) is 24.3 Å². The van der Waals surface area contributed by atoms with Crippen molar-refractivity contribution in [1.82, 2.24) is 15.6 Å². The van der Waals surface area contributed by atoms with E-state index in [1.54, 1.807) is 11.3 Å².